The molecule has 1 aliphatic heterocycles. The minimum atomic E-state index is 0.794. The van der Waals surface area contributed by atoms with Gasteiger partial charge in [0, 0.05) is 13.1 Å². The molecule has 1 saturated heterocycles. The molecular weight excluding hydrogens is 268 g/mol. The molecule has 3 heterocycles. The molecule has 5 heteroatoms. The summed E-state index contributed by atoms with van der Waals surface area (Å²) >= 11 is 1.69. The van der Waals surface area contributed by atoms with E-state index >= 15 is 0 Å². The number of piperidine rings is 1. The average molecular weight is 290 g/mol. The number of thiophene rings is 1. The number of nitrogens with zero attached hydrogens (tertiary/aromatic N) is 3. The average Bonchev–Trinajstić information content (AvgIpc) is 2.87. The van der Waals surface area contributed by atoms with Gasteiger partial charge < -0.3 is 5.32 Å². The van der Waals surface area contributed by atoms with Gasteiger partial charge in [0.05, 0.1) is 11.9 Å². The van der Waals surface area contributed by atoms with E-state index in [2.05, 4.69) is 35.5 Å². The summed E-state index contributed by atoms with van der Waals surface area (Å²) in [5, 5.41) is 6.60. The molecule has 2 aromatic rings. The van der Waals surface area contributed by atoms with Crippen LogP contribution in [0.2, 0.25) is 0 Å². The van der Waals surface area contributed by atoms with Crippen LogP contribution in [0, 0.1) is 5.92 Å². The van der Waals surface area contributed by atoms with Gasteiger partial charge in [0.15, 0.2) is 0 Å². The summed E-state index contributed by atoms with van der Waals surface area (Å²) in [4.78, 5) is 13.0. The molecule has 0 bridgehead atoms. The number of likely N-dealkylation sites (tertiary alicyclic amines) is 1. The quantitative estimate of drug-likeness (QED) is 0.937. The van der Waals surface area contributed by atoms with Crippen LogP contribution in [0.15, 0.2) is 11.4 Å². The molecule has 3 rings (SSSR count). The van der Waals surface area contributed by atoms with Crippen molar-refractivity contribution in [3.63, 3.8) is 0 Å². The molecular formula is C15H22N4S. The second-order valence-electron chi connectivity index (χ2n) is 5.64. The molecule has 1 unspecified atom stereocenters. The SMILES string of the molecule is CCNc1nc(CN2CCCC(C)C2)nc2sccc12. The Morgan fingerprint density at radius 2 is 2.35 bits per heavy atom. The Labute approximate surface area is 124 Å². The Bertz CT molecular complexity index is 580. The minimum Gasteiger partial charge on any atom is -0.370 e. The van der Waals surface area contributed by atoms with Gasteiger partial charge in [0.25, 0.3) is 0 Å². The number of aromatic nitrogens is 2. The number of hydrogen-bond donors (Lipinski definition) is 1. The fourth-order valence-corrected chi connectivity index (χ4v) is 3.69. The van der Waals surface area contributed by atoms with Gasteiger partial charge in [0.1, 0.15) is 16.5 Å². The van der Waals surface area contributed by atoms with E-state index in [1.54, 1.807) is 11.3 Å². The van der Waals surface area contributed by atoms with Crippen molar-refractivity contribution < 1.29 is 0 Å². The normalized spacial score (nSPS) is 20.4. The second kappa shape index (κ2) is 6.06. The summed E-state index contributed by atoms with van der Waals surface area (Å²) in [6, 6.07) is 2.10. The summed E-state index contributed by atoms with van der Waals surface area (Å²) in [5.74, 6) is 2.73. The van der Waals surface area contributed by atoms with Crippen LogP contribution < -0.4 is 5.32 Å². The molecule has 108 valence electrons. The Morgan fingerprint density at radius 3 is 3.15 bits per heavy atom. The van der Waals surface area contributed by atoms with Gasteiger partial charge in [0.2, 0.25) is 0 Å². The van der Waals surface area contributed by atoms with E-state index in [1.165, 1.54) is 25.9 Å². The lowest BCUT2D eigenvalue weighted by Crippen LogP contribution is -2.34. The van der Waals surface area contributed by atoms with Crippen molar-refractivity contribution in [2.24, 2.45) is 5.92 Å². The number of fused-ring (bicyclic) bond motifs is 1. The molecule has 1 aliphatic rings. The molecule has 1 N–H and O–H groups in total. The van der Waals surface area contributed by atoms with E-state index < -0.39 is 0 Å². The monoisotopic (exact) mass is 290 g/mol. The molecule has 0 aromatic carbocycles. The third kappa shape index (κ3) is 2.94. The van der Waals surface area contributed by atoms with Gasteiger partial charge in [-0.25, -0.2) is 9.97 Å². The van der Waals surface area contributed by atoms with Crippen molar-refractivity contribution in [2.45, 2.75) is 33.2 Å². The summed E-state index contributed by atoms with van der Waals surface area (Å²) in [7, 11) is 0. The van der Waals surface area contributed by atoms with E-state index in [1.807, 2.05) is 0 Å². The van der Waals surface area contributed by atoms with E-state index in [-0.39, 0.29) is 0 Å². The number of rotatable bonds is 4. The zero-order valence-corrected chi connectivity index (χ0v) is 13.0. The van der Waals surface area contributed by atoms with Gasteiger partial charge >= 0.3 is 0 Å². The first-order valence-electron chi connectivity index (χ1n) is 7.46. The van der Waals surface area contributed by atoms with Crippen molar-refractivity contribution in [3.8, 4) is 0 Å². The van der Waals surface area contributed by atoms with Gasteiger partial charge in [-0.2, -0.15) is 0 Å². The fourth-order valence-electron chi connectivity index (χ4n) is 2.90. The standard InChI is InChI=1S/C15H22N4S/c1-3-16-14-12-6-8-20-15(12)18-13(17-14)10-19-7-4-5-11(2)9-19/h6,8,11H,3-5,7,9-10H2,1-2H3,(H,16,17,18). The highest BCUT2D eigenvalue weighted by Gasteiger charge is 2.18. The van der Waals surface area contributed by atoms with Crippen LogP contribution in [-0.4, -0.2) is 34.5 Å². The molecule has 0 saturated carbocycles. The Hall–Kier alpha value is -1.20. The first-order chi connectivity index (χ1) is 9.76. The van der Waals surface area contributed by atoms with Crippen LogP contribution >= 0.6 is 11.3 Å². The van der Waals surface area contributed by atoms with Crippen LogP contribution in [0.4, 0.5) is 5.82 Å². The topological polar surface area (TPSA) is 41.1 Å². The van der Waals surface area contributed by atoms with Crippen molar-refractivity contribution in [1.82, 2.24) is 14.9 Å². The maximum Gasteiger partial charge on any atom is 0.146 e. The van der Waals surface area contributed by atoms with Crippen LogP contribution in [-0.2, 0) is 6.54 Å². The molecule has 1 fully saturated rings. The summed E-state index contributed by atoms with van der Waals surface area (Å²) in [5.41, 5.74) is 0. The Balaban J connectivity index is 1.83. The van der Waals surface area contributed by atoms with Crippen LogP contribution in [0.5, 0.6) is 0 Å². The van der Waals surface area contributed by atoms with E-state index in [4.69, 9.17) is 9.97 Å². The van der Waals surface area contributed by atoms with Gasteiger partial charge in [-0.1, -0.05) is 6.92 Å². The molecule has 20 heavy (non-hydrogen) atoms. The van der Waals surface area contributed by atoms with Gasteiger partial charge in [-0.05, 0) is 43.7 Å². The molecule has 0 amide bonds. The van der Waals surface area contributed by atoms with E-state index in [0.29, 0.717) is 0 Å². The van der Waals surface area contributed by atoms with Crippen molar-refractivity contribution in [1.29, 1.82) is 0 Å². The van der Waals surface area contributed by atoms with Crippen LogP contribution in [0.1, 0.15) is 32.5 Å². The third-order valence-corrected chi connectivity index (χ3v) is 4.63. The lowest BCUT2D eigenvalue weighted by Gasteiger charge is -2.30. The van der Waals surface area contributed by atoms with E-state index in [9.17, 15) is 0 Å². The highest BCUT2D eigenvalue weighted by atomic mass is 32.1. The third-order valence-electron chi connectivity index (χ3n) is 3.82. The summed E-state index contributed by atoms with van der Waals surface area (Å²) in [6.45, 7) is 8.54. The smallest absolute Gasteiger partial charge is 0.146 e. The van der Waals surface area contributed by atoms with Crippen molar-refractivity contribution in [3.05, 3.63) is 17.3 Å². The molecule has 0 radical (unpaired) electrons. The number of nitrogens with one attached hydrogen (secondary N) is 1. The lowest BCUT2D eigenvalue weighted by molar-refractivity contribution is 0.173. The molecule has 1 atom stereocenters. The highest BCUT2D eigenvalue weighted by Crippen LogP contribution is 2.26. The van der Waals surface area contributed by atoms with Gasteiger partial charge in [-0.3, -0.25) is 4.90 Å². The first-order valence-corrected chi connectivity index (χ1v) is 8.34. The summed E-state index contributed by atoms with van der Waals surface area (Å²) in [6.07, 6.45) is 2.65. The molecule has 2 aromatic heterocycles. The Morgan fingerprint density at radius 1 is 1.45 bits per heavy atom. The number of hydrogen-bond acceptors (Lipinski definition) is 5. The molecule has 0 aliphatic carbocycles. The zero-order valence-electron chi connectivity index (χ0n) is 12.2. The molecule has 4 nitrogen and oxygen atoms in total. The van der Waals surface area contributed by atoms with Crippen molar-refractivity contribution >= 4 is 27.4 Å². The number of anilines is 1. The largest absolute Gasteiger partial charge is 0.370 e. The summed E-state index contributed by atoms with van der Waals surface area (Å²) < 4.78 is 0. The maximum absolute atomic E-state index is 4.72. The van der Waals surface area contributed by atoms with Gasteiger partial charge in [-0.15, -0.1) is 11.3 Å². The Kier molecular flexibility index (Phi) is 4.17. The molecule has 0 spiro atoms. The predicted molar refractivity (Wildman–Crippen MR) is 85.3 cm³/mol. The maximum atomic E-state index is 4.72. The lowest BCUT2D eigenvalue weighted by atomic mass is 10.0. The minimum absolute atomic E-state index is 0.794. The second-order valence-corrected chi connectivity index (χ2v) is 6.54. The van der Waals surface area contributed by atoms with Crippen LogP contribution in [0.3, 0.4) is 0 Å². The predicted octanol–water partition coefficient (Wildman–Crippen LogP) is 3.36. The first kappa shape index (κ1) is 13.8. The fraction of sp³-hybridized carbons (Fsp3) is 0.600. The van der Waals surface area contributed by atoms with Crippen molar-refractivity contribution in [2.75, 3.05) is 25.0 Å². The highest BCUT2D eigenvalue weighted by molar-refractivity contribution is 7.16. The zero-order chi connectivity index (χ0) is 13.9. The van der Waals surface area contributed by atoms with E-state index in [0.717, 1.165) is 40.9 Å². The van der Waals surface area contributed by atoms with Crippen LogP contribution in [0.25, 0.3) is 10.2 Å².